The van der Waals surface area contributed by atoms with Gasteiger partial charge >= 0.3 is 5.97 Å². The first-order valence-electron chi connectivity index (χ1n) is 9.23. The molecule has 0 N–H and O–H groups in total. The molecule has 3 rings (SSSR count). The summed E-state index contributed by atoms with van der Waals surface area (Å²) in [6.07, 6.45) is 2.23. The summed E-state index contributed by atoms with van der Waals surface area (Å²) in [6, 6.07) is 5.56. The Bertz CT molecular complexity index is 883. The average molecular weight is 389 g/mol. The summed E-state index contributed by atoms with van der Waals surface area (Å²) in [6.45, 7) is 4.88. The first-order chi connectivity index (χ1) is 13.4. The van der Waals surface area contributed by atoms with Crippen molar-refractivity contribution in [3.63, 3.8) is 0 Å². The maximum absolute atomic E-state index is 13.7. The third-order valence-electron chi connectivity index (χ3n) is 5.01. The summed E-state index contributed by atoms with van der Waals surface area (Å²) in [4.78, 5) is 24.7. The highest BCUT2D eigenvalue weighted by molar-refractivity contribution is 6.00. The molecule has 1 aliphatic heterocycles. The molecule has 0 unspecified atom stereocenters. The van der Waals surface area contributed by atoms with Crippen molar-refractivity contribution in [2.24, 2.45) is 0 Å². The third kappa shape index (κ3) is 4.25. The zero-order valence-corrected chi connectivity index (χ0v) is 16.3. The fourth-order valence-electron chi connectivity index (χ4n) is 3.44. The average Bonchev–Trinajstić information content (AvgIpc) is 3.29. The lowest BCUT2D eigenvalue weighted by Crippen LogP contribution is -2.18. The number of hydrogen-bond donors (Lipinski definition) is 0. The number of esters is 1. The Balaban J connectivity index is 1.64. The number of aryl methyl sites for hydroxylation is 1. The van der Waals surface area contributed by atoms with Crippen LogP contribution >= 0.6 is 0 Å². The van der Waals surface area contributed by atoms with E-state index in [1.807, 2.05) is 13.8 Å². The van der Waals surface area contributed by atoms with Crippen LogP contribution in [-0.4, -0.2) is 42.7 Å². The number of aromatic nitrogens is 1. The van der Waals surface area contributed by atoms with Crippen molar-refractivity contribution in [2.75, 3.05) is 20.3 Å². The molecule has 1 aliphatic rings. The van der Waals surface area contributed by atoms with Crippen molar-refractivity contribution in [2.45, 2.75) is 39.3 Å². The van der Waals surface area contributed by atoms with Gasteiger partial charge in [0.1, 0.15) is 0 Å². The number of carbonyl (C=O) groups excluding carboxylic acids is 2. The molecule has 0 aliphatic carbocycles. The van der Waals surface area contributed by atoms with Crippen molar-refractivity contribution < 1.29 is 28.2 Å². The minimum atomic E-state index is -0.761. The second-order valence-electron chi connectivity index (χ2n) is 6.88. The Kier molecular flexibility index (Phi) is 6.14. The molecule has 2 heterocycles. The van der Waals surface area contributed by atoms with Gasteiger partial charge in [0.2, 0.25) is 5.78 Å². The van der Waals surface area contributed by atoms with Crippen LogP contribution < -0.4 is 4.74 Å². The molecule has 1 fully saturated rings. The number of halogens is 1. The maximum Gasteiger partial charge on any atom is 0.338 e. The van der Waals surface area contributed by atoms with Gasteiger partial charge < -0.3 is 18.8 Å². The second-order valence-corrected chi connectivity index (χ2v) is 6.88. The summed E-state index contributed by atoms with van der Waals surface area (Å²) in [7, 11) is 1.34. The van der Waals surface area contributed by atoms with Crippen molar-refractivity contribution in [1.82, 2.24) is 4.57 Å². The normalized spacial score (nSPS) is 16.2. The molecular formula is C21H24FNO5. The van der Waals surface area contributed by atoms with Crippen LogP contribution in [0, 0.1) is 19.7 Å². The molecule has 1 aromatic heterocycles. The summed E-state index contributed by atoms with van der Waals surface area (Å²) in [5.74, 6) is -1.69. The molecule has 0 bridgehead atoms. The van der Waals surface area contributed by atoms with E-state index in [-0.39, 0.29) is 23.2 Å². The molecule has 28 heavy (non-hydrogen) atoms. The fourth-order valence-corrected chi connectivity index (χ4v) is 3.44. The second kappa shape index (κ2) is 8.56. The van der Waals surface area contributed by atoms with Crippen LogP contribution in [0.5, 0.6) is 5.75 Å². The van der Waals surface area contributed by atoms with Gasteiger partial charge in [-0.1, -0.05) is 0 Å². The molecule has 1 saturated heterocycles. The number of ketones is 1. The summed E-state index contributed by atoms with van der Waals surface area (Å²) < 4.78 is 31.4. The van der Waals surface area contributed by atoms with Crippen molar-refractivity contribution in [3.05, 3.63) is 52.6 Å². The number of rotatable bonds is 7. The molecule has 1 aromatic carbocycles. The topological polar surface area (TPSA) is 66.8 Å². The van der Waals surface area contributed by atoms with Crippen molar-refractivity contribution >= 4 is 11.8 Å². The first kappa shape index (κ1) is 20.1. The van der Waals surface area contributed by atoms with E-state index in [1.54, 1.807) is 6.07 Å². The lowest BCUT2D eigenvalue weighted by molar-refractivity contribution is 0.0474. The highest BCUT2D eigenvalue weighted by atomic mass is 19.1. The number of Topliss-reactive ketones (excluding diaryl/α,β-unsaturated/α-hetero) is 1. The smallest absolute Gasteiger partial charge is 0.338 e. The van der Waals surface area contributed by atoms with Gasteiger partial charge in [-0.15, -0.1) is 0 Å². The molecule has 6 nitrogen and oxygen atoms in total. The Morgan fingerprint density at radius 3 is 2.71 bits per heavy atom. The van der Waals surface area contributed by atoms with E-state index in [2.05, 4.69) is 4.57 Å². The quantitative estimate of drug-likeness (QED) is 0.536. The molecule has 0 spiro atoms. The number of carbonyl (C=O) groups is 2. The predicted molar refractivity (Wildman–Crippen MR) is 100 cm³/mol. The maximum atomic E-state index is 13.7. The minimum Gasteiger partial charge on any atom is -0.494 e. The van der Waals surface area contributed by atoms with Crippen LogP contribution in [0.2, 0.25) is 0 Å². The van der Waals surface area contributed by atoms with E-state index < -0.39 is 18.4 Å². The number of methoxy groups -OCH3 is 1. The monoisotopic (exact) mass is 389 g/mol. The van der Waals surface area contributed by atoms with Crippen LogP contribution in [0.15, 0.2) is 24.3 Å². The van der Waals surface area contributed by atoms with Gasteiger partial charge in [0, 0.05) is 30.1 Å². The van der Waals surface area contributed by atoms with Crippen LogP contribution in [-0.2, 0) is 16.0 Å². The van der Waals surface area contributed by atoms with Crippen molar-refractivity contribution in [1.29, 1.82) is 0 Å². The largest absolute Gasteiger partial charge is 0.494 e. The van der Waals surface area contributed by atoms with Gasteiger partial charge in [0.05, 0.1) is 18.8 Å². The first-order valence-corrected chi connectivity index (χ1v) is 9.23. The van der Waals surface area contributed by atoms with Crippen LogP contribution in [0.3, 0.4) is 0 Å². The summed E-state index contributed by atoms with van der Waals surface area (Å²) >= 11 is 0. The van der Waals surface area contributed by atoms with E-state index in [9.17, 15) is 14.0 Å². The highest BCUT2D eigenvalue weighted by Gasteiger charge is 2.22. The third-order valence-corrected chi connectivity index (χ3v) is 5.01. The van der Waals surface area contributed by atoms with Crippen LogP contribution in [0.4, 0.5) is 4.39 Å². The molecule has 0 amide bonds. The fraction of sp³-hybridized carbons (Fsp3) is 0.429. The van der Waals surface area contributed by atoms with E-state index >= 15 is 0 Å². The molecule has 0 saturated carbocycles. The number of ether oxygens (including phenoxy) is 3. The Morgan fingerprint density at radius 1 is 1.29 bits per heavy atom. The van der Waals surface area contributed by atoms with Gasteiger partial charge in [0.15, 0.2) is 18.2 Å². The Hall–Kier alpha value is -2.67. The lowest BCUT2D eigenvalue weighted by atomic mass is 10.1. The van der Waals surface area contributed by atoms with E-state index in [0.29, 0.717) is 12.1 Å². The summed E-state index contributed by atoms with van der Waals surface area (Å²) in [5, 5.41) is 0. The molecule has 1 atom stereocenters. The van der Waals surface area contributed by atoms with Crippen molar-refractivity contribution in [3.8, 4) is 5.75 Å². The number of hydrogen-bond acceptors (Lipinski definition) is 5. The van der Waals surface area contributed by atoms with Crippen LogP contribution in [0.25, 0.3) is 0 Å². The Morgan fingerprint density at radius 2 is 2.07 bits per heavy atom. The Labute approximate surface area is 163 Å². The van der Waals surface area contributed by atoms with E-state index in [1.165, 1.54) is 19.2 Å². The van der Waals surface area contributed by atoms with E-state index in [0.717, 1.165) is 36.9 Å². The van der Waals surface area contributed by atoms with Crippen LogP contribution in [0.1, 0.15) is 44.9 Å². The van der Waals surface area contributed by atoms with Gasteiger partial charge in [-0.25, -0.2) is 9.18 Å². The standard InChI is InChI=1S/C21H24FNO5/c1-13-9-17(14(2)23(13)11-16-5-4-8-27-16)19(24)12-28-21(25)15-6-7-20(26-3)18(22)10-15/h6-7,9-10,16H,4-5,8,11-12H2,1-3H3/t16-/m0/s1. The van der Waals surface area contributed by atoms with Gasteiger partial charge in [-0.3, -0.25) is 4.79 Å². The molecule has 0 radical (unpaired) electrons. The summed E-state index contributed by atoms with van der Waals surface area (Å²) in [5.41, 5.74) is 2.32. The zero-order chi connectivity index (χ0) is 20.3. The molecule has 2 aromatic rings. The minimum absolute atomic E-state index is 0.0231. The van der Waals surface area contributed by atoms with Gasteiger partial charge in [0.25, 0.3) is 0 Å². The predicted octanol–water partition coefficient (Wildman–Crippen LogP) is 3.47. The van der Waals surface area contributed by atoms with E-state index in [4.69, 9.17) is 14.2 Å². The number of nitrogens with zero attached hydrogens (tertiary/aromatic N) is 1. The highest BCUT2D eigenvalue weighted by Crippen LogP contribution is 2.21. The molecule has 150 valence electrons. The SMILES string of the molecule is COc1ccc(C(=O)OCC(=O)c2cc(C)n(C[C@@H]3CCCO3)c2C)cc1F. The van der Waals surface area contributed by atoms with Gasteiger partial charge in [-0.05, 0) is 51.0 Å². The van der Waals surface area contributed by atoms with Gasteiger partial charge in [-0.2, -0.15) is 0 Å². The lowest BCUT2D eigenvalue weighted by Gasteiger charge is -2.14. The zero-order valence-electron chi connectivity index (χ0n) is 16.3. The molecule has 7 heteroatoms. The number of benzene rings is 1. The molecular weight excluding hydrogens is 365 g/mol.